The van der Waals surface area contributed by atoms with Gasteiger partial charge in [-0.25, -0.2) is 21.6 Å². The molecule has 5 aliphatic rings. The minimum absolute atomic E-state index is 0.277. The van der Waals surface area contributed by atoms with Crippen molar-refractivity contribution in [1.82, 2.24) is 0 Å². The van der Waals surface area contributed by atoms with Gasteiger partial charge in [0.25, 0.3) is 10.2 Å². The predicted octanol–water partition coefficient (Wildman–Crippen LogP) is 2.35. The van der Waals surface area contributed by atoms with Crippen molar-refractivity contribution in [3.05, 3.63) is 23.1 Å². The molecule has 2 fully saturated rings. The molecule has 1 heterocycles. The van der Waals surface area contributed by atoms with Crippen LogP contribution in [-0.4, -0.2) is 19.1 Å². The molecule has 4 aliphatic carbocycles. The standard InChI is InChI=1S/C11H8F4O2S/c12-8-9(13)18(16,17)11(15)7-2-1-6(10(8,11)14)4-3-5(4)7/h1-2,4-7H,3H2. The van der Waals surface area contributed by atoms with Crippen LogP contribution in [0.15, 0.2) is 23.1 Å². The molecular weight excluding hydrogens is 272 g/mol. The molecule has 0 aromatic heterocycles. The zero-order chi connectivity index (χ0) is 13.1. The second kappa shape index (κ2) is 2.55. The molecular formula is C11H8F4O2S. The van der Waals surface area contributed by atoms with E-state index in [1.807, 2.05) is 0 Å². The Kier molecular flexibility index (Phi) is 1.56. The van der Waals surface area contributed by atoms with Crippen LogP contribution in [0.25, 0.3) is 0 Å². The number of hydrogen-bond acceptors (Lipinski definition) is 2. The molecule has 5 rings (SSSR count). The van der Waals surface area contributed by atoms with Crippen molar-refractivity contribution in [1.29, 1.82) is 0 Å². The molecule has 2 bridgehead atoms. The van der Waals surface area contributed by atoms with E-state index in [0.29, 0.717) is 6.42 Å². The minimum atomic E-state index is -5.23. The topological polar surface area (TPSA) is 34.1 Å². The molecule has 6 atom stereocenters. The Hall–Kier alpha value is -0.850. The predicted molar refractivity (Wildman–Crippen MR) is 53.6 cm³/mol. The third-order valence-corrected chi connectivity index (χ3v) is 6.85. The molecule has 0 aromatic carbocycles. The van der Waals surface area contributed by atoms with E-state index >= 15 is 0 Å². The second-order valence-electron chi connectivity index (χ2n) is 5.45. The Balaban J connectivity index is 2.10. The lowest BCUT2D eigenvalue weighted by Gasteiger charge is -2.47. The van der Waals surface area contributed by atoms with Crippen LogP contribution in [0.5, 0.6) is 0 Å². The number of hydrogen-bond donors (Lipinski definition) is 0. The molecule has 0 aromatic rings. The first-order chi connectivity index (χ1) is 8.28. The molecule has 0 N–H and O–H groups in total. The van der Waals surface area contributed by atoms with Gasteiger partial charge in [0.1, 0.15) is 0 Å². The lowest BCUT2D eigenvalue weighted by atomic mass is 9.65. The summed E-state index contributed by atoms with van der Waals surface area (Å²) in [5, 5.41) is -5.78. The minimum Gasteiger partial charge on any atom is -0.230 e. The summed E-state index contributed by atoms with van der Waals surface area (Å²) in [5.41, 5.74) is -3.38. The molecule has 6 unspecified atom stereocenters. The average molecular weight is 280 g/mol. The van der Waals surface area contributed by atoms with Crippen LogP contribution in [0, 0.1) is 23.7 Å². The number of alkyl halides is 2. The Bertz CT molecular complexity index is 639. The highest BCUT2D eigenvalue weighted by atomic mass is 32.2. The lowest BCUT2D eigenvalue weighted by molar-refractivity contribution is -0.0648. The molecule has 0 spiro atoms. The molecule has 0 radical (unpaired) electrons. The average Bonchev–Trinajstić information content (AvgIpc) is 3.10. The molecule has 2 saturated carbocycles. The number of rotatable bonds is 0. The maximum atomic E-state index is 14.9. The van der Waals surface area contributed by atoms with E-state index in [4.69, 9.17) is 0 Å². The van der Waals surface area contributed by atoms with Gasteiger partial charge in [-0.2, -0.15) is 4.39 Å². The highest BCUT2D eigenvalue weighted by molar-refractivity contribution is 7.96. The Morgan fingerprint density at radius 2 is 1.67 bits per heavy atom. The second-order valence-corrected chi connectivity index (χ2v) is 7.41. The van der Waals surface area contributed by atoms with Crippen LogP contribution in [0.3, 0.4) is 0 Å². The smallest absolute Gasteiger partial charge is 0.230 e. The normalized spacial score (nSPS) is 58.7. The molecule has 18 heavy (non-hydrogen) atoms. The van der Waals surface area contributed by atoms with E-state index in [0.717, 1.165) is 0 Å². The van der Waals surface area contributed by atoms with Gasteiger partial charge in [-0.1, -0.05) is 12.2 Å². The van der Waals surface area contributed by atoms with Gasteiger partial charge in [-0.15, -0.1) is 0 Å². The van der Waals surface area contributed by atoms with Crippen LogP contribution < -0.4 is 0 Å². The van der Waals surface area contributed by atoms with Gasteiger partial charge in [-0.05, 0) is 18.3 Å². The van der Waals surface area contributed by atoms with E-state index in [1.54, 1.807) is 0 Å². The summed E-state index contributed by atoms with van der Waals surface area (Å²) in [7, 11) is -5.23. The molecule has 2 nitrogen and oxygen atoms in total. The summed E-state index contributed by atoms with van der Waals surface area (Å²) in [5.74, 6) is -5.19. The summed E-state index contributed by atoms with van der Waals surface area (Å²) in [6.45, 7) is 0. The van der Waals surface area contributed by atoms with Crippen molar-refractivity contribution in [2.45, 2.75) is 17.1 Å². The van der Waals surface area contributed by atoms with Crippen molar-refractivity contribution in [3.8, 4) is 0 Å². The first kappa shape index (κ1) is 11.0. The third kappa shape index (κ3) is 0.737. The molecule has 0 saturated heterocycles. The summed E-state index contributed by atoms with van der Waals surface area (Å²) >= 11 is 0. The molecule has 7 heteroatoms. The van der Waals surface area contributed by atoms with E-state index < -0.39 is 43.3 Å². The fourth-order valence-corrected chi connectivity index (χ4v) is 5.82. The zero-order valence-corrected chi connectivity index (χ0v) is 9.72. The van der Waals surface area contributed by atoms with Crippen molar-refractivity contribution in [2.24, 2.45) is 23.7 Å². The highest BCUT2D eigenvalue weighted by Gasteiger charge is 2.85. The molecule has 0 amide bonds. The van der Waals surface area contributed by atoms with Gasteiger partial charge in [0.05, 0.1) is 0 Å². The first-order valence-corrected chi connectivity index (χ1v) is 7.12. The van der Waals surface area contributed by atoms with Gasteiger partial charge >= 0.3 is 0 Å². The van der Waals surface area contributed by atoms with Crippen molar-refractivity contribution < 1.29 is 26.0 Å². The van der Waals surface area contributed by atoms with E-state index in [2.05, 4.69) is 0 Å². The summed E-state index contributed by atoms with van der Waals surface area (Å²) in [6, 6.07) is 0. The molecule has 1 aliphatic heterocycles. The Labute approximate surface area is 100 Å². The van der Waals surface area contributed by atoms with Crippen molar-refractivity contribution in [2.75, 3.05) is 0 Å². The van der Waals surface area contributed by atoms with E-state index in [9.17, 15) is 26.0 Å². The summed E-state index contributed by atoms with van der Waals surface area (Å²) < 4.78 is 80.1. The number of sulfone groups is 1. The fraction of sp³-hybridized carbons (Fsp3) is 0.636. The largest absolute Gasteiger partial charge is 0.264 e. The van der Waals surface area contributed by atoms with E-state index in [1.165, 1.54) is 12.2 Å². The lowest BCUT2D eigenvalue weighted by Crippen LogP contribution is -2.63. The third-order valence-electron chi connectivity index (χ3n) is 4.84. The van der Waals surface area contributed by atoms with Crippen LogP contribution in [0.1, 0.15) is 6.42 Å². The molecule has 98 valence electrons. The quantitative estimate of drug-likeness (QED) is 0.504. The Morgan fingerprint density at radius 1 is 1.11 bits per heavy atom. The summed E-state index contributed by atoms with van der Waals surface area (Å²) in [4.78, 5) is 0. The van der Waals surface area contributed by atoms with Crippen LogP contribution in [0.4, 0.5) is 17.6 Å². The monoisotopic (exact) mass is 280 g/mol. The van der Waals surface area contributed by atoms with Gasteiger partial charge in [0.15, 0.2) is 5.83 Å². The van der Waals surface area contributed by atoms with Gasteiger partial charge in [0.2, 0.25) is 15.5 Å². The zero-order valence-electron chi connectivity index (χ0n) is 8.91. The van der Waals surface area contributed by atoms with Crippen molar-refractivity contribution in [3.63, 3.8) is 0 Å². The van der Waals surface area contributed by atoms with Crippen LogP contribution in [0.2, 0.25) is 0 Å². The van der Waals surface area contributed by atoms with Gasteiger partial charge in [-0.3, -0.25) is 0 Å². The number of halogens is 4. The first-order valence-electron chi connectivity index (χ1n) is 5.64. The summed E-state index contributed by atoms with van der Waals surface area (Å²) in [6.07, 6.45) is 3.02. The maximum absolute atomic E-state index is 14.9. The van der Waals surface area contributed by atoms with Crippen molar-refractivity contribution >= 4 is 9.84 Å². The van der Waals surface area contributed by atoms with E-state index in [-0.39, 0.29) is 11.8 Å². The van der Waals surface area contributed by atoms with Gasteiger partial charge < -0.3 is 0 Å². The van der Waals surface area contributed by atoms with Gasteiger partial charge in [0, 0.05) is 11.8 Å². The fourth-order valence-electron chi connectivity index (χ4n) is 3.94. The van der Waals surface area contributed by atoms with Crippen LogP contribution >= 0.6 is 0 Å². The highest BCUT2D eigenvalue weighted by Crippen LogP contribution is 2.74. The Morgan fingerprint density at radius 3 is 2.33 bits per heavy atom. The number of allylic oxidation sites excluding steroid dienone is 3. The maximum Gasteiger partial charge on any atom is 0.264 e. The SMILES string of the molecule is O=S1(=O)C(F)=C(F)C2(F)C3C=CC(C4CC43)C21F. The van der Waals surface area contributed by atoms with Crippen LogP contribution in [-0.2, 0) is 9.84 Å².